The van der Waals surface area contributed by atoms with Crippen LogP contribution in [0.4, 0.5) is 0 Å². The molecule has 2 fully saturated rings. The monoisotopic (exact) mass is 1070 g/mol. The second-order valence-electron chi connectivity index (χ2n) is 22.9. The van der Waals surface area contributed by atoms with Crippen LogP contribution in [0.15, 0.2) is 0 Å². The lowest BCUT2D eigenvalue weighted by Crippen LogP contribution is -2.65. The standard InChI is InChI=1S/C61H119NO13/c1-3-5-7-9-11-13-15-17-18-19-20-21-22-23-24-25-26-27-28-29-30-31-32-33-35-37-39-41-43-45-53(66)62-49(50(65)44-42-40-38-36-34-16-14-12-10-8-6-4-2)48-72-60-58(71)56(69)59(52(47-64)74-60)75-61-57(70)55(68)54(67)51(46-63)73-61/h49-52,54-61,63-65,67-71H,3-48H2,1-2H3,(H,62,66)/t49-,50+,51+,52+,54-,55?,56?,57?,58?,59+,60+,61-/m0/s1. The highest BCUT2D eigenvalue weighted by Crippen LogP contribution is 2.30. The second-order valence-corrected chi connectivity index (χ2v) is 22.9. The Morgan fingerprint density at radius 2 is 0.760 bits per heavy atom. The van der Waals surface area contributed by atoms with Gasteiger partial charge in [-0.15, -0.1) is 0 Å². The summed E-state index contributed by atoms with van der Waals surface area (Å²) in [4.78, 5) is 13.3. The molecule has 0 aromatic rings. The summed E-state index contributed by atoms with van der Waals surface area (Å²) in [5, 5.41) is 87.2. The molecule has 2 aliphatic rings. The van der Waals surface area contributed by atoms with Gasteiger partial charge in [-0.05, 0) is 12.8 Å². The molecule has 0 aliphatic carbocycles. The zero-order valence-electron chi connectivity index (χ0n) is 48.1. The van der Waals surface area contributed by atoms with Gasteiger partial charge in [0.2, 0.25) is 5.91 Å². The highest BCUT2D eigenvalue weighted by atomic mass is 16.7. The van der Waals surface area contributed by atoms with Crippen LogP contribution in [0.5, 0.6) is 0 Å². The summed E-state index contributed by atoms with van der Waals surface area (Å²) in [6.07, 6.45) is 37.0. The van der Waals surface area contributed by atoms with Crippen molar-refractivity contribution in [3.63, 3.8) is 0 Å². The van der Waals surface area contributed by atoms with Crippen molar-refractivity contribution in [3.8, 4) is 0 Å². The van der Waals surface area contributed by atoms with Crippen molar-refractivity contribution in [3.05, 3.63) is 0 Å². The number of hydrogen-bond acceptors (Lipinski definition) is 13. The van der Waals surface area contributed by atoms with E-state index >= 15 is 0 Å². The molecule has 4 unspecified atom stereocenters. The lowest BCUT2D eigenvalue weighted by Gasteiger charge is -2.46. The highest BCUT2D eigenvalue weighted by Gasteiger charge is 2.51. The van der Waals surface area contributed by atoms with Crippen LogP contribution in [0.3, 0.4) is 0 Å². The maximum Gasteiger partial charge on any atom is 0.220 e. The number of amides is 1. The van der Waals surface area contributed by atoms with Gasteiger partial charge >= 0.3 is 0 Å². The molecule has 12 atom stereocenters. The summed E-state index contributed by atoms with van der Waals surface area (Å²) in [6, 6.07) is -0.822. The van der Waals surface area contributed by atoms with Gasteiger partial charge in [0.05, 0.1) is 32.0 Å². The molecule has 0 aromatic carbocycles. The van der Waals surface area contributed by atoms with Crippen LogP contribution in [-0.4, -0.2) is 140 Å². The molecular formula is C61H119NO13. The van der Waals surface area contributed by atoms with Gasteiger partial charge in [-0.25, -0.2) is 0 Å². The summed E-state index contributed by atoms with van der Waals surface area (Å²) < 4.78 is 22.8. The third kappa shape index (κ3) is 33.4. The van der Waals surface area contributed by atoms with Crippen molar-refractivity contribution in [2.75, 3.05) is 19.8 Å². The van der Waals surface area contributed by atoms with E-state index in [0.29, 0.717) is 12.8 Å². The van der Waals surface area contributed by atoms with E-state index in [1.807, 2.05) is 0 Å². The summed E-state index contributed by atoms with van der Waals surface area (Å²) in [7, 11) is 0. The van der Waals surface area contributed by atoms with Crippen LogP contribution in [0.2, 0.25) is 0 Å². The van der Waals surface area contributed by atoms with Gasteiger partial charge in [0.25, 0.3) is 0 Å². The molecule has 2 rings (SSSR count). The van der Waals surface area contributed by atoms with E-state index in [1.165, 1.54) is 212 Å². The van der Waals surface area contributed by atoms with E-state index < -0.39 is 86.8 Å². The Morgan fingerprint density at radius 3 is 1.13 bits per heavy atom. The first-order chi connectivity index (χ1) is 36.6. The minimum Gasteiger partial charge on any atom is -0.394 e. The summed E-state index contributed by atoms with van der Waals surface area (Å²) in [5.74, 6) is -0.200. The lowest BCUT2D eigenvalue weighted by molar-refractivity contribution is -0.359. The first-order valence-corrected chi connectivity index (χ1v) is 31.8. The smallest absolute Gasteiger partial charge is 0.220 e. The number of nitrogens with one attached hydrogen (secondary N) is 1. The van der Waals surface area contributed by atoms with Gasteiger partial charge < -0.3 is 65.1 Å². The zero-order chi connectivity index (χ0) is 54.6. The molecule has 0 bridgehead atoms. The predicted molar refractivity (Wildman–Crippen MR) is 300 cm³/mol. The molecule has 2 heterocycles. The Kier molecular flexibility index (Phi) is 44.6. The maximum atomic E-state index is 13.3. The number of unbranched alkanes of at least 4 members (excludes halogenated alkanes) is 39. The molecule has 0 saturated carbocycles. The van der Waals surface area contributed by atoms with Gasteiger partial charge in [-0.3, -0.25) is 4.79 Å². The Balaban J connectivity index is 1.63. The van der Waals surface area contributed by atoms with Gasteiger partial charge in [0.1, 0.15) is 48.8 Å². The van der Waals surface area contributed by atoms with Crippen molar-refractivity contribution in [2.45, 2.75) is 364 Å². The van der Waals surface area contributed by atoms with Crippen molar-refractivity contribution >= 4 is 5.91 Å². The second kappa shape index (κ2) is 47.8. The number of ether oxygens (including phenoxy) is 4. The summed E-state index contributed by atoms with van der Waals surface area (Å²) >= 11 is 0. The quantitative estimate of drug-likeness (QED) is 0.0259. The van der Waals surface area contributed by atoms with Crippen LogP contribution in [0.25, 0.3) is 0 Å². The van der Waals surface area contributed by atoms with Gasteiger partial charge in [-0.2, -0.15) is 0 Å². The highest BCUT2D eigenvalue weighted by molar-refractivity contribution is 5.76. The largest absolute Gasteiger partial charge is 0.394 e. The topological polar surface area (TPSA) is 228 Å². The fourth-order valence-electron chi connectivity index (χ4n) is 10.9. The molecule has 14 nitrogen and oxygen atoms in total. The first kappa shape index (κ1) is 70.1. The number of aliphatic hydroxyl groups is 8. The Morgan fingerprint density at radius 1 is 0.427 bits per heavy atom. The van der Waals surface area contributed by atoms with E-state index in [0.717, 1.165) is 51.4 Å². The number of aliphatic hydroxyl groups excluding tert-OH is 8. The molecule has 75 heavy (non-hydrogen) atoms. The molecule has 2 saturated heterocycles. The molecule has 2 aliphatic heterocycles. The SMILES string of the molecule is CCCCCCCCCCCCCCCCCCCCCCCCCCCCCCCC(=O)N[C@@H](CO[C@@H]1O[C@H](CO)[C@@H](O[C@@H]2O[C@H](CO)[C@H](O)C(O)C2O)C(O)C1O)[C@H](O)CCCCCCCCCCCCCC. The fraction of sp³-hybridized carbons (Fsp3) is 0.984. The molecule has 0 spiro atoms. The maximum absolute atomic E-state index is 13.3. The van der Waals surface area contributed by atoms with Crippen LogP contribution >= 0.6 is 0 Å². The number of hydrogen-bond donors (Lipinski definition) is 9. The van der Waals surface area contributed by atoms with Crippen molar-refractivity contribution in [2.24, 2.45) is 0 Å². The van der Waals surface area contributed by atoms with Crippen LogP contribution in [-0.2, 0) is 23.7 Å². The van der Waals surface area contributed by atoms with Crippen LogP contribution in [0.1, 0.15) is 290 Å². The predicted octanol–water partition coefficient (Wildman–Crippen LogP) is 11.3. The van der Waals surface area contributed by atoms with E-state index in [2.05, 4.69) is 19.2 Å². The average Bonchev–Trinajstić information content (AvgIpc) is 3.41. The van der Waals surface area contributed by atoms with Crippen LogP contribution in [0, 0.1) is 0 Å². The van der Waals surface area contributed by atoms with E-state index in [-0.39, 0.29) is 12.5 Å². The van der Waals surface area contributed by atoms with E-state index in [4.69, 9.17) is 18.9 Å². The first-order valence-electron chi connectivity index (χ1n) is 31.8. The molecule has 0 radical (unpaired) electrons. The lowest BCUT2D eigenvalue weighted by atomic mass is 9.97. The number of carbonyl (C=O) groups excluding carboxylic acids is 1. The Labute approximate surface area is 457 Å². The fourth-order valence-corrected chi connectivity index (χ4v) is 10.9. The van der Waals surface area contributed by atoms with Crippen molar-refractivity contribution in [1.29, 1.82) is 0 Å². The molecule has 1 amide bonds. The summed E-state index contributed by atoms with van der Waals surface area (Å²) in [6.45, 7) is 2.89. The molecule has 446 valence electrons. The molecule has 9 N–H and O–H groups in total. The van der Waals surface area contributed by atoms with Gasteiger partial charge in [0.15, 0.2) is 12.6 Å². The van der Waals surface area contributed by atoms with Gasteiger partial charge in [-0.1, -0.05) is 271 Å². The molecular weight excluding hydrogens is 955 g/mol. The number of carbonyl (C=O) groups is 1. The summed E-state index contributed by atoms with van der Waals surface area (Å²) in [5.41, 5.74) is 0. The van der Waals surface area contributed by atoms with E-state index in [1.54, 1.807) is 0 Å². The zero-order valence-corrected chi connectivity index (χ0v) is 48.1. The minimum atomic E-state index is -1.78. The Bertz CT molecular complexity index is 1270. The van der Waals surface area contributed by atoms with Crippen LogP contribution < -0.4 is 5.32 Å². The number of rotatable bonds is 52. The third-order valence-corrected chi connectivity index (χ3v) is 16.1. The average molecular weight is 1070 g/mol. The molecule has 0 aromatic heterocycles. The van der Waals surface area contributed by atoms with Gasteiger partial charge in [0, 0.05) is 6.42 Å². The third-order valence-electron chi connectivity index (χ3n) is 16.1. The van der Waals surface area contributed by atoms with Crippen molar-refractivity contribution in [1.82, 2.24) is 5.32 Å². The molecule has 14 heteroatoms. The van der Waals surface area contributed by atoms with Crippen molar-refractivity contribution < 1.29 is 64.6 Å². The minimum absolute atomic E-state index is 0.200. The normalized spacial score (nSPS) is 24.9. The van der Waals surface area contributed by atoms with E-state index in [9.17, 15) is 45.6 Å². The Hall–Kier alpha value is -1.01.